The number of aromatic nitrogens is 1. The molecular weight excluding hydrogens is 298 g/mol. The predicted molar refractivity (Wildman–Crippen MR) is 75.9 cm³/mol. The zero-order valence-electron chi connectivity index (χ0n) is 10.5. The number of rotatable bonds is 3. The number of benzene rings is 1. The molecular formula is C13H10ClN3O2S. The van der Waals surface area contributed by atoms with Gasteiger partial charge in [0.15, 0.2) is 5.69 Å². The van der Waals surface area contributed by atoms with Crippen LogP contribution >= 0.6 is 11.6 Å². The number of sulfonamides is 1. The zero-order valence-corrected chi connectivity index (χ0v) is 12.0. The summed E-state index contributed by atoms with van der Waals surface area (Å²) in [5.74, 6) is 0. The number of hydrogen-bond donors (Lipinski definition) is 1. The summed E-state index contributed by atoms with van der Waals surface area (Å²) < 4.78 is 26.8. The molecule has 0 radical (unpaired) electrons. The summed E-state index contributed by atoms with van der Waals surface area (Å²) >= 11 is 5.95. The molecule has 0 fully saturated rings. The van der Waals surface area contributed by atoms with Crippen molar-refractivity contribution in [2.75, 3.05) is 4.72 Å². The highest BCUT2D eigenvalue weighted by atomic mass is 35.5. The number of aryl methyl sites for hydroxylation is 1. The normalized spacial score (nSPS) is 10.8. The average Bonchev–Trinajstić information content (AvgIpc) is 2.42. The van der Waals surface area contributed by atoms with Crippen LogP contribution in [0.15, 0.2) is 41.4 Å². The lowest BCUT2D eigenvalue weighted by molar-refractivity contribution is 0.600. The second-order valence-electron chi connectivity index (χ2n) is 4.03. The van der Waals surface area contributed by atoms with Gasteiger partial charge in [-0.2, -0.15) is 5.26 Å². The maximum Gasteiger partial charge on any atom is 0.264 e. The van der Waals surface area contributed by atoms with E-state index < -0.39 is 10.0 Å². The SMILES string of the molecule is Cc1ccc(NS(=O)(=O)c2cccnc2C#N)cc1Cl. The minimum absolute atomic E-state index is 0.154. The molecule has 1 aromatic heterocycles. The van der Waals surface area contributed by atoms with Gasteiger partial charge < -0.3 is 0 Å². The average molecular weight is 308 g/mol. The van der Waals surface area contributed by atoms with Crippen molar-refractivity contribution >= 4 is 27.3 Å². The zero-order chi connectivity index (χ0) is 14.8. The van der Waals surface area contributed by atoms with E-state index >= 15 is 0 Å². The fourth-order valence-corrected chi connectivity index (χ4v) is 2.90. The van der Waals surface area contributed by atoms with Crippen molar-refractivity contribution in [3.05, 3.63) is 52.8 Å². The van der Waals surface area contributed by atoms with Gasteiger partial charge in [-0.25, -0.2) is 13.4 Å². The second kappa shape index (κ2) is 5.49. The van der Waals surface area contributed by atoms with Crippen molar-refractivity contribution in [1.82, 2.24) is 4.98 Å². The number of hydrogen-bond acceptors (Lipinski definition) is 4. The molecule has 0 saturated carbocycles. The summed E-state index contributed by atoms with van der Waals surface area (Å²) in [6, 6.07) is 9.34. The van der Waals surface area contributed by atoms with Crippen molar-refractivity contribution in [3.8, 4) is 6.07 Å². The van der Waals surface area contributed by atoms with E-state index in [0.29, 0.717) is 10.7 Å². The topological polar surface area (TPSA) is 82.8 Å². The van der Waals surface area contributed by atoms with E-state index in [1.807, 2.05) is 6.92 Å². The van der Waals surface area contributed by atoms with Gasteiger partial charge >= 0.3 is 0 Å². The Morgan fingerprint density at radius 1 is 1.35 bits per heavy atom. The molecule has 1 aromatic carbocycles. The molecule has 5 nitrogen and oxygen atoms in total. The molecule has 0 atom stereocenters. The van der Waals surface area contributed by atoms with Crippen molar-refractivity contribution in [2.45, 2.75) is 11.8 Å². The van der Waals surface area contributed by atoms with Gasteiger partial charge in [-0.05, 0) is 36.8 Å². The molecule has 7 heteroatoms. The molecule has 1 N–H and O–H groups in total. The van der Waals surface area contributed by atoms with Crippen LogP contribution in [-0.4, -0.2) is 13.4 Å². The van der Waals surface area contributed by atoms with Gasteiger partial charge in [0.1, 0.15) is 11.0 Å². The summed E-state index contributed by atoms with van der Waals surface area (Å²) in [6.45, 7) is 1.81. The van der Waals surface area contributed by atoms with Crippen molar-refractivity contribution < 1.29 is 8.42 Å². The molecule has 0 saturated heterocycles. The van der Waals surface area contributed by atoms with Crippen molar-refractivity contribution in [1.29, 1.82) is 5.26 Å². The standard InChI is InChI=1S/C13H10ClN3O2S/c1-9-4-5-10(7-11(9)14)17-20(18,19)13-3-2-6-16-12(13)8-15/h2-7,17H,1H3. The highest BCUT2D eigenvalue weighted by Crippen LogP contribution is 2.23. The summed E-state index contributed by atoms with van der Waals surface area (Å²) in [5.41, 5.74) is 1.01. The Morgan fingerprint density at radius 3 is 2.75 bits per heavy atom. The number of nitrogens with zero attached hydrogens (tertiary/aromatic N) is 2. The number of nitriles is 1. The summed E-state index contributed by atoms with van der Waals surface area (Å²) in [7, 11) is -3.88. The van der Waals surface area contributed by atoms with Gasteiger partial charge in [0, 0.05) is 11.2 Å². The lowest BCUT2D eigenvalue weighted by atomic mass is 10.2. The first-order chi connectivity index (χ1) is 9.44. The monoisotopic (exact) mass is 307 g/mol. The summed E-state index contributed by atoms with van der Waals surface area (Å²) in [6.07, 6.45) is 1.36. The highest BCUT2D eigenvalue weighted by Gasteiger charge is 2.19. The predicted octanol–water partition coefficient (Wildman–Crippen LogP) is 2.72. The van der Waals surface area contributed by atoms with E-state index in [1.165, 1.54) is 24.4 Å². The van der Waals surface area contributed by atoms with Crippen LogP contribution in [0.4, 0.5) is 5.69 Å². The number of nitrogens with one attached hydrogen (secondary N) is 1. The Hall–Kier alpha value is -2.10. The lowest BCUT2D eigenvalue weighted by Crippen LogP contribution is -2.15. The second-order valence-corrected chi connectivity index (χ2v) is 6.09. The van der Waals surface area contributed by atoms with Crippen LogP contribution in [0.25, 0.3) is 0 Å². The first-order valence-electron chi connectivity index (χ1n) is 5.58. The molecule has 102 valence electrons. The molecule has 2 aromatic rings. The third-order valence-corrected chi connectivity index (χ3v) is 4.41. The summed E-state index contributed by atoms with van der Waals surface area (Å²) in [5, 5.41) is 9.36. The van der Waals surface area contributed by atoms with Crippen LogP contribution in [0.2, 0.25) is 5.02 Å². The van der Waals surface area contributed by atoms with E-state index in [1.54, 1.807) is 18.2 Å². The largest absolute Gasteiger partial charge is 0.279 e. The first-order valence-corrected chi connectivity index (χ1v) is 7.44. The van der Waals surface area contributed by atoms with Crippen molar-refractivity contribution in [2.24, 2.45) is 0 Å². The van der Waals surface area contributed by atoms with E-state index in [0.717, 1.165) is 5.56 Å². The Morgan fingerprint density at radius 2 is 2.10 bits per heavy atom. The Labute approximate surface area is 121 Å². The van der Waals surface area contributed by atoms with Gasteiger partial charge in [0.25, 0.3) is 10.0 Å². The third kappa shape index (κ3) is 2.90. The Kier molecular flexibility index (Phi) is 3.93. The van der Waals surface area contributed by atoms with Gasteiger partial charge in [0.2, 0.25) is 0 Å². The van der Waals surface area contributed by atoms with Crippen LogP contribution in [0.1, 0.15) is 11.3 Å². The first kappa shape index (κ1) is 14.3. The molecule has 0 aliphatic carbocycles. The molecule has 0 bridgehead atoms. The number of halogens is 1. The Bertz CT molecular complexity index is 798. The van der Waals surface area contributed by atoms with Gasteiger partial charge in [-0.1, -0.05) is 17.7 Å². The number of pyridine rings is 1. The van der Waals surface area contributed by atoms with E-state index in [9.17, 15) is 8.42 Å². The molecule has 0 unspecified atom stereocenters. The molecule has 0 aliphatic heterocycles. The van der Waals surface area contributed by atoms with E-state index in [4.69, 9.17) is 16.9 Å². The molecule has 1 heterocycles. The van der Waals surface area contributed by atoms with Crippen LogP contribution < -0.4 is 4.72 Å². The van der Waals surface area contributed by atoms with Crippen LogP contribution in [0, 0.1) is 18.3 Å². The molecule has 0 amide bonds. The quantitative estimate of drug-likeness (QED) is 0.945. The molecule has 20 heavy (non-hydrogen) atoms. The minimum atomic E-state index is -3.88. The maximum atomic E-state index is 12.2. The van der Waals surface area contributed by atoms with Crippen LogP contribution in [0.3, 0.4) is 0 Å². The summed E-state index contributed by atoms with van der Waals surface area (Å²) in [4.78, 5) is 3.56. The smallest absolute Gasteiger partial charge is 0.264 e. The van der Waals surface area contributed by atoms with Gasteiger partial charge in [0.05, 0.1) is 5.69 Å². The minimum Gasteiger partial charge on any atom is -0.279 e. The van der Waals surface area contributed by atoms with Crippen LogP contribution in [0.5, 0.6) is 0 Å². The van der Waals surface area contributed by atoms with Gasteiger partial charge in [-0.15, -0.1) is 0 Å². The highest BCUT2D eigenvalue weighted by molar-refractivity contribution is 7.92. The molecule has 2 rings (SSSR count). The van der Waals surface area contributed by atoms with Gasteiger partial charge in [-0.3, -0.25) is 4.72 Å². The number of anilines is 1. The van der Waals surface area contributed by atoms with Crippen molar-refractivity contribution in [3.63, 3.8) is 0 Å². The fourth-order valence-electron chi connectivity index (χ4n) is 1.56. The fraction of sp³-hybridized carbons (Fsp3) is 0.0769. The molecule has 0 aliphatic rings. The van der Waals surface area contributed by atoms with Crippen LogP contribution in [-0.2, 0) is 10.0 Å². The van der Waals surface area contributed by atoms with E-state index in [-0.39, 0.29) is 10.6 Å². The lowest BCUT2D eigenvalue weighted by Gasteiger charge is -2.09. The maximum absolute atomic E-state index is 12.2. The Balaban J connectivity index is 2.41. The third-order valence-electron chi connectivity index (χ3n) is 2.59. The van der Waals surface area contributed by atoms with E-state index in [2.05, 4.69) is 9.71 Å². The molecule has 0 spiro atoms.